The van der Waals surface area contributed by atoms with Crippen molar-refractivity contribution in [3.63, 3.8) is 0 Å². The van der Waals surface area contributed by atoms with E-state index in [0.717, 1.165) is 25.6 Å². The zero-order valence-corrected chi connectivity index (χ0v) is 28.4. The minimum atomic E-state index is -0.756. The zero-order valence-electron chi connectivity index (χ0n) is 27.7. The van der Waals surface area contributed by atoms with Gasteiger partial charge >= 0.3 is 5.97 Å². The van der Waals surface area contributed by atoms with Crippen LogP contribution in [0.2, 0.25) is 5.02 Å². The number of carbonyl (C=O) groups is 3. The van der Waals surface area contributed by atoms with Crippen molar-refractivity contribution in [1.29, 1.82) is 0 Å². The van der Waals surface area contributed by atoms with Crippen LogP contribution in [0.1, 0.15) is 61.9 Å². The maximum atomic E-state index is 15.5. The molecule has 12 heteroatoms. The molecule has 2 saturated heterocycles. The predicted molar refractivity (Wildman–Crippen MR) is 181 cm³/mol. The van der Waals surface area contributed by atoms with E-state index in [2.05, 4.69) is 36.0 Å². The number of amides is 2. The number of hydrogen-bond acceptors (Lipinski definition) is 7. The lowest BCUT2D eigenvalue weighted by atomic mass is 9.87. The van der Waals surface area contributed by atoms with E-state index in [-0.39, 0.29) is 52.7 Å². The second-order valence-electron chi connectivity index (χ2n) is 13.8. The average Bonchev–Trinajstić information content (AvgIpc) is 3.70. The van der Waals surface area contributed by atoms with Crippen LogP contribution in [0.15, 0.2) is 47.1 Å². The Morgan fingerprint density at radius 2 is 1.77 bits per heavy atom. The highest BCUT2D eigenvalue weighted by Gasteiger charge is 2.41. The molecule has 2 N–H and O–H groups in total. The molecule has 48 heavy (non-hydrogen) atoms. The third-order valence-corrected chi connectivity index (χ3v) is 10.9. The first-order chi connectivity index (χ1) is 23.0. The van der Waals surface area contributed by atoms with Crippen LogP contribution in [-0.2, 0) is 20.7 Å². The molecule has 3 aromatic rings. The number of rotatable bonds is 9. The number of para-hydroxylation sites is 1. The Bertz CT molecular complexity index is 1650. The number of likely N-dealkylation sites (N-methyl/N-ethyl adjacent to an activating group) is 1. The van der Waals surface area contributed by atoms with Gasteiger partial charge in [-0.15, -0.1) is 0 Å². The van der Waals surface area contributed by atoms with E-state index in [1.54, 1.807) is 24.3 Å². The molecule has 2 aliphatic heterocycles. The van der Waals surface area contributed by atoms with Crippen LogP contribution in [0, 0.1) is 11.7 Å². The Kier molecular flexibility index (Phi) is 10.4. The number of nitrogens with one attached hydrogen (secondary N) is 1. The molecule has 3 aliphatic rings. The molecular formula is C36H44ClFN4O6. The Balaban J connectivity index is 1.14. The van der Waals surface area contributed by atoms with Crippen molar-refractivity contribution < 1.29 is 33.0 Å². The van der Waals surface area contributed by atoms with Gasteiger partial charge in [0.1, 0.15) is 17.7 Å². The third kappa shape index (κ3) is 7.39. The topological polar surface area (TPSA) is 116 Å². The van der Waals surface area contributed by atoms with E-state index >= 15 is 4.39 Å². The fraction of sp³-hybridized carbons (Fsp3) is 0.528. The van der Waals surface area contributed by atoms with Crippen molar-refractivity contribution in [3.05, 3.63) is 64.6 Å². The number of piperazine rings is 1. The summed E-state index contributed by atoms with van der Waals surface area (Å²) in [5.74, 6) is -2.42. The molecule has 2 aromatic carbocycles. The number of aliphatic carboxylic acids is 1. The normalized spacial score (nSPS) is 27.0. The number of anilines is 1. The van der Waals surface area contributed by atoms with Crippen LogP contribution in [0.4, 0.5) is 10.1 Å². The van der Waals surface area contributed by atoms with Crippen molar-refractivity contribution in [2.45, 2.75) is 82.6 Å². The Hall–Kier alpha value is -3.51. The minimum absolute atomic E-state index is 0.0423. The monoisotopic (exact) mass is 682 g/mol. The molecule has 10 nitrogen and oxygen atoms in total. The molecule has 0 unspecified atom stereocenters. The van der Waals surface area contributed by atoms with E-state index in [4.69, 9.17) is 20.8 Å². The third-order valence-electron chi connectivity index (χ3n) is 10.6. The molecule has 1 aliphatic carbocycles. The van der Waals surface area contributed by atoms with Gasteiger partial charge in [-0.3, -0.25) is 24.2 Å². The summed E-state index contributed by atoms with van der Waals surface area (Å²) in [6.45, 7) is 7.08. The summed E-state index contributed by atoms with van der Waals surface area (Å²) in [4.78, 5) is 45.0. The minimum Gasteiger partial charge on any atom is -0.481 e. The first kappa shape index (κ1) is 34.4. The molecule has 2 amide bonds. The van der Waals surface area contributed by atoms with Gasteiger partial charge < -0.3 is 24.5 Å². The van der Waals surface area contributed by atoms with E-state index in [9.17, 15) is 19.5 Å². The Morgan fingerprint density at radius 1 is 1.06 bits per heavy atom. The summed E-state index contributed by atoms with van der Waals surface area (Å²) in [6.07, 6.45) is 4.40. The highest BCUT2D eigenvalue weighted by atomic mass is 35.5. The number of carboxylic acids is 1. The molecule has 3 fully saturated rings. The molecule has 4 atom stereocenters. The Labute approximate surface area is 285 Å². The van der Waals surface area contributed by atoms with Gasteiger partial charge in [-0.1, -0.05) is 29.8 Å². The summed E-state index contributed by atoms with van der Waals surface area (Å²) < 4.78 is 27.3. The smallest absolute Gasteiger partial charge is 0.306 e. The van der Waals surface area contributed by atoms with Gasteiger partial charge in [0.15, 0.2) is 0 Å². The summed E-state index contributed by atoms with van der Waals surface area (Å²) in [7, 11) is 2.14. The van der Waals surface area contributed by atoms with Crippen LogP contribution in [0.3, 0.4) is 0 Å². The van der Waals surface area contributed by atoms with Gasteiger partial charge in [0.2, 0.25) is 5.91 Å². The average molecular weight is 683 g/mol. The quantitative estimate of drug-likeness (QED) is 0.297. The number of nitrogens with zero attached hydrogens (tertiary/aromatic N) is 3. The number of carbonyl (C=O) groups excluding carboxylic acids is 2. The fourth-order valence-electron chi connectivity index (χ4n) is 7.51. The molecule has 0 spiro atoms. The zero-order chi connectivity index (χ0) is 34.1. The maximum absolute atomic E-state index is 15.5. The summed E-state index contributed by atoms with van der Waals surface area (Å²) in [5.41, 5.74) is 1.11. The number of hydrogen-bond donors (Lipinski definition) is 2. The second-order valence-corrected chi connectivity index (χ2v) is 14.2. The lowest BCUT2D eigenvalue weighted by Gasteiger charge is -2.44. The number of ether oxygens (including phenoxy) is 1. The number of fused-ring (bicyclic) bond motifs is 1. The molecular weight excluding hydrogens is 639 g/mol. The van der Waals surface area contributed by atoms with Crippen LogP contribution in [0.5, 0.6) is 0 Å². The second kappa shape index (κ2) is 14.5. The van der Waals surface area contributed by atoms with E-state index < -0.39 is 17.7 Å². The summed E-state index contributed by atoms with van der Waals surface area (Å²) in [6, 6.07) is 10.4. The SMILES string of the molecule is C[C@@H]1CN([C@H]2C[C@@H](COC3CCC(C(=O)O)CC3)N(C(=O)Cc3cc(Cl)c(NC(=O)c4coc5ccccc45)cc3F)C2)C[C@H](C)N1C. The van der Waals surface area contributed by atoms with Crippen molar-refractivity contribution >= 4 is 46.0 Å². The predicted octanol–water partition coefficient (Wildman–Crippen LogP) is 5.67. The molecule has 1 saturated carbocycles. The number of furan rings is 1. The highest BCUT2D eigenvalue weighted by Crippen LogP contribution is 2.32. The summed E-state index contributed by atoms with van der Waals surface area (Å²) >= 11 is 6.53. The first-order valence-corrected chi connectivity index (χ1v) is 17.2. The standard InChI is InChI=1S/C36H44ClFN4O6/c1-21-16-41(17-22(2)40(21)3)25-14-26(19-47-27-10-8-23(9-11-27)36(45)46)42(18-25)34(43)13-24-12-30(37)32(15-31(24)38)39-35(44)29-20-48-33-7-5-4-6-28(29)33/h4-7,12,15,20-23,25-27H,8-11,13-14,16-19H2,1-3H3,(H,39,44)(H,45,46)/t21-,22+,23?,25-,26-,27?/m0/s1. The molecule has 1 aromatic heterocycles. The van der Waals surface area contributed by atoms with Gasteiger partial charge in [0, 0.05) is 43.1 Å². The van der Waals surface area contributed by atoms with Crippen molar-refractivity contribution in [2.24, 2.45) is 5.92 Å². The van der Waals surface area contributed by atoms with Crippen LogP contribution in [-0.4, -0.2) is 101 Å². The van der Waals surface area contributed by atoms with E-state index in [0.29, 0.717) is 67.5 Å². The number of halogens is 2. The number of benzene rings is 2. The lowest BCUT2D eigenvalue weighted by Crippen LogP contribution is -2.58. The molecule has 258 valence electrons. The van der Waals surface area contributed by atoms with Gasteiger partial charge in [0.25, 0.3) is 5.91 Å². The number of likely N-dealkylation sites (tertiary alicyclic amines) is 1. The molecule has 3 heterocycles. The van der Waals surface area contributed by atoms with Crippen molar-refractivity contribution in [2.75, 3.05) is 38.6 Å². The molecule has 0 bridgehead atoms. The van der Waals surface area contributed by atoms with Crippen molar-refractivity contribution in [1.82, 2.24) is 14.7 Å². The van der Waals surface area contributed by atoms with Crippen molar-refractivity contribution in [3.8, 4) is 0 Å². The molecule has 0 radical (unpaired) electrons. The van der Waals surface area contributed by atoms with Gasteiger partial charge in [0.05, 0.1) is 47.4 Å². The lowest BCUT2D eigenvalue weighted by molar-refractivity contribution is -0.144. The van der Waals surface area contributed by atoms with Crippen LogP contribution >= 0.6 is 11.6 Å². The maximum Gasteiger partial charge on any atom is 0.306 e. The Morgan fingerprint density at radius 3 is 2.48 bits per heavy atom. The largest absolute Gasteiger partial charge is 0.481 e. The molecule has 6 rings (SSSR count). The number of carboxylic acid groups (broad SMARTS) is 1. The van der Waals surface area contributed by atoms with Gasteiger partial charge in [-0.25, -0.2) is 4.39 Å². The highest BCUT2D eigenvalue weighted by molar-refractivity contribution is 6.34. The van der Waals surface area contributed by atoms with Gasteiger partial charge in [-0.2, -0.15) is 0 Å². The van der Waals surface area contributed by atoms with E-state index in [1.165, 1.54) is 12.3 Å². The first-order valence-electron chi connectivity index (χ1n) is 16.8. The summed E-state index contributed by atoms with van der Waals surface area (Å²) in [5, 5.41) is 12.8. The van der Waals surface area contributed by atoms with Crippen LogP contribution in [0.25, 0.3) is 11.0 Å². The fourth-order valence-corrected chi connectivity index (χ4v) is 7.75. The van der Waals surface area contributed by atoms with E-state index in [1.807, 2.05) is 4.90 Å². The van der Waals surface area contributed by atoms with Gasteiger partial charge in [-0.05, 0) is 76.8 Å². The van der Waals surface area contributed by atoms with Crippen LogP contribution < -0.4 is 5.32 Å².